The van der Waals surface area contributed by atoms with Crippen LogP contribution in [0.2, 0.25) is 0 Å². The van der Waals surface area contributed by atoms with Crippen LogP contribution >= 0.6 is 0 Å². The lowest BCUT2D eigenvalue weighted by Gasteiger charge is -2.27. The van der Waals surface area contributed by atoms with Crippen molar-refractivity contribution in [1.29, 1.82) is 0 Å². The highest BCUT2D eigenvalue weighted by atomic mass is 15.1. The second kappa shape index (κ2) is 7.68. The summed E-state index contributed by atoms with van der Waals surface area (Å²) in [6.45, 7) is 11.2. The van der Waals surface area contributed by atoms with Crippen molar-refractivity contribution >= 4 is 5.69 Å². The van der Waals surface area contributed by atoms with Crippen molar-refractivity contribution in [3.8, 4) is 0 Å². The van der Waals surface area contributed by atoms with Crippen molar-refractivity contribution in [3.05, 3.63) is 29.3 Å². The summed E-state index contributed by atoms with van der Waals surface area (Å²) in [6.07, 6.45) is 5.27. The Balaban J connectivity index is 2.12. The van der Waals surface area contributed by atoms with Gasteiger partial charge in [-0.05, 0) is 56.7 Å². The lowest BCUT2D eigenvalue weighted by molar-refractivity contribution is 0.663. The zero-order chi connectivity index (χ0) is 14.4. The maximum Gasteiger partial charge on any atom is 0.0412 e. The number of nitrogens with zero attached hydrogens (tertiary/aromatic N) is 1. The van der Waals surface area contributed by atoms with Crippen LogP contribution in [-0.4, -0.2) is 19.6 Å². The molecule has 20 heavy (non-hydrogen) atoms. The monoisotopic (exact) mass is 274 g/mol. The summed E-state index contributed by atoms with van der Waals surface area (Å²) in [4.78, 5) is 2.61. The minimum absolute atomic E-state index is 0.944. The minimum Gasteiger partial charge on any atom is -0.371 e. The molecule has 0 unspecified atom stereocenters. The molecule has 1 N–H and O–H groups in total. The van der Waals surface area contributed by atoms with Crippen LogP contribution in [0.15, 0.2) is 18.2 Å². The van der Waals surface area contributed by atoms with Crippen molar-refractivity contribution in [3.63, 3.8) is 0 Å². The molecule has 0 aliphatic heterocycles. The highest BCUT2D eigenvalue weighted by Crippen LogP contribution is 2.32. The number of benzene rings is 1. The van der Waals surface area contributed by atoms with Crippen molar-refractivity contribution in [2.24, 2.45) is 5.92 Å². The standard InChI is InChI=1S/C18H30N2/c1-4-10-19-13-17-12-15(3)6-9-18(17)20(11-5-2)14-16-7-8-16/h6,9,12,16,19H,4-5,7-8,10-11,13-14H2,1-3H3. The van der Waals surface area contributed by atoms with E-state index in [1.54, 1.807) is 0 Å². The van der Waals surface area contributed by atoms with E-state index in [1.165, 1.54) is 55.6 Å². The van der Waals surface area contributed by atoms with Crippen molar-refractivity contribution in [2.75, 3.05) is 24.5 Å². The summed E-state index contributed by atoms with van der Waals surface area (Å²) in [5.41, 5.74) is 4.28. The molecule has 1 saturated carbocycles. The summed E-state index contributed by atoms with van der Waals surface area (Å²) < 4.78 is 0. The molecule has 112 valence electrons. The maximum atomic E-state index is 3.56. The van der Waals surface area contributed by atoms with E-state index in [9.17, 15) is 0 Å². The van der Waals surface area contributed by atoms with Gasteiger partial charge in [-0.25, -0.2) is 0 Å². The molecule has 0 bridgehead atoms. The lowest BCUT2D eigenvalue weighted by atomic mass is 10.1. The van der Waals surface area contributed by atoms with Gasteiger partial charge in [0.15, 0.2) is 0 Å². The zero-order valence-corrected chi connectivity index (χ0v) is 13.4. The van der Waals surface area contributed by atoms with Crippen molar-refractivity contribution in [1.82, 2.24) is 5.32 Å². The van der Waals surface area contributed by atoms with E-state index in [2.05, 4.69) is 49.2 Å². The first kappa shape index (κ1) is 15.4. The predicted octanol–water partition coefficient (Wildman–Crippen LogP) is 4.12. The molecule has 1 aromatic rings. The summed E-state index contributed by atoms with van der Waals surface area (Å²) in [5, 5.41) is 3.56. The van der Waals surface area contributed by atoms with Gasteiger partial charge >= 0.3 is 0 Å². The highest BCUT2D eigenvalue weighted by molar-refractivity contribution is 5.55. The molecule has 0 saturated heterocycles. The predicted molar refractivity (Wildman–Crippen MR) is 88.4 cm³/mol. The number of hydrogen-bond donors (Lipinski definition) is 1. The second-order valence-electron chi connectivity index (χ2n) is 6.20. The van der Waals surface area contributed by atoms with Crippen LogP contribution in [0.1, 0.15) is 50.7 Å². The van der Waals surface area contributed by atoms with Gasteiger partial charge in [-0.1, -0.05) is 31.5 Å². The molecule has 2 nitrogen and oxygen atoms in total. The van der Waals surface area contributed by atoms with Gasteiger partial charge in [0.2, 0.25) is 0 Å². The molecule has 1 aromatic carbocycles. The molecule has 0 heterocycles. The first-order valence-electron chi connectivity index (χ1n) is 8.29. The van der Waals surface area contributed by atoms with Crippen LogP contribution in [0.25, 0.3) is 0 Å². The van der Waals surface area contributed by atoms with Gasteiger partial charge in [0.1, 0.15) is 0 Å². The Bertz CT molecular complexity index is 410. The first-order valence-corrected chi connectivity index (χ1v) is 8.29. The third kappa shape index (κ3) is 4.52. The van der Waals surface area contributed by atoms with Crippen LogP contribution in [0, 0.1) is 12.8 Å². The Morgan fingerprint density at radius 3 is 2.65 bits per heavy atom. The fraction of sp³-hybridized carbons (Fsp3) is 0.667. The molecule has 1 fully saturated rings. The number of anilines is 1. The molecule has 1 aliphatic rings. The molecule has 0 aromatic heterocycles. The summed E-state index contributed by atoms with van der Waals surface area (Å²) in [5.74, 6) is 0.944. The molecular formula is C18H30N2. The molecule has 0 spiro atoms. The molecule has 1 aliphatic carbocycles. The Morgan fingerprint density at radius 1 is 1.20 bits per heavy atom. The van der Waals surface area contributed by atoms with Crippen molar-refractivity contribution in [2.45, 2.75) is 53.0 Å². The van der Waals surface area contributed by atoms with Gasteiger partial charge in [0.25, 0.3) is 0 Å². The number of hydrogen-bond acceptors (Lipinski definition) is 2. The molecule has 0 atom stereocenters. The van der Waals surface area contributed by atoms with Crippen LogP contribution in [-0.2, 0) is 6.54 Å². The minimum atomic E-state index is 0.944. The Kier molecular flexibility index (Phi) is 5.90. The van der Waals surface area contributed by atoms with Gasteiger partial charge in [-0.15, -0.1) is 0 Å². The molecule has 2 rings (SSSR count). The van der Waals surface area contributed by atoms with Crippen LogP contribution < -0.4 is 10.2 Å². The van der Waals surface area contributed by atoms with Crippen molar-refractivity contribution < 1.29 is 0 Å². The van der Waals surface area contributed by atoms with Crippen LogP contribution in [0.5, 0.6) is 0 Å². The first-order chi connectivity index (χ1) is 9.74. The van der Waals surface area contributed by atoms with E-state index in [-0.39, 0.29) is 0 Å². The second-order valence-corrected chi connectivity index (χ2v) is 6.20. The average Bonchev–Trinajstić information content (AvgIpc) is 3.23. The number of aryl methyl sites for hydroxylation is 1. The van der Waals surface area contributed by atoms with Gasteiger partial charge in [-0.2, -0.15) is 0 Å². The normalized spacial score (nSPS) is 14.6. The van der Waals surface area contributed by atoms with Gasteiger partial charge in [0, 0.05) is 25.3 Å². The SMILES string of the molecule is CCCNCc1cc(C)ccc1N(CCC)CC1CC1. The molecule has 2 heteroatoms. The Morgan fingerprint density at radius 2 is 2.00 bits per heavy atom. The fourth-order valence-corrected chi connectivity index (χ4v) is 2.76. The Hall–Kier alpha value is -1.02. The van der Waals surface area contributed by atoms with Crippen LogP contribution in [0.4, 0.5) is 5.69 Å². The third-order valence-corrected chi connectivity index (χ3v) is 3.99. The highest BCUT2D eigenvalue weighted by Gasteiger charge is 2.25. The van der Waals surface area contributed by atoms with E-state index < -0.39 is 0 Å². The van der Waals surface area contributed by atoms with Gasteiger partial charge in [-0.3, -0.25) is 0 Å². The van der Waals surface area contributed by atoms with Crippen LogP contribution in [0.3, 0.4) is 0 Å². The lowest BCUT2D eigenvalue weighted by Crippen LogP contribution is -2.28. The van der Waals surface area contributed by atoms with Gasteiger partial charge < -0.3 is 10.2 Å². The zero-order valence-electron chi connectivity index (χ0n) is 13.4. The van der Waals surface area contributed by atoms with E-state index in [0.29, 0.717) is 0 Å². The summed E-state index contributed by atoms with van der Waals surface area (Å²) in [7, 11) is 0. The van der Waals surface area contributed by atoms with E-state index in [4.69, 9.17) is 0 Å². The number of rotatable bonds is 9. The van der Waals surface area contributed by atoms with Gasteiger partial charge in [0.05, 0.1) is 0 Å². The maximum absolute atomic E-state index is 3.56. The van der Waals surface area contributed by atoms with E-state index in [1.807, 2.05) is 0 Å². The summed E-state index contributed by atoms with van der Waals surface area (Å²) >= 11 is 0. The fourth-order valence-electron chi connectivity index (χ4n) is 2.76. The quantitative estimate of drug-likeness (QED) is 0.681. The topological polar surface area (TPSA) is 15.3 Å². The largest absolute Gasteiger partial charge is 0.371 e. The average molecular weight is 274 g/mol. The molecular weight excluding hydrogens is 244 g/mol. The smallest absolute Gasteiger partial charge is 0.0412 e. The van der Waals surface area contributed by atoms with E-state index >= 15 is 0 Å². The third-order valence-electron chi connectivity index (χ3n) is 3.99. The molecule has 0 amide bonds. The number of nitrogens with one attached hydrogen (secondary N) is 1. The summed E-state index contributed by atoms with van der Waals surface area (Å²) in [6, 6.07) is 6.94. The van der Waals surface area contributed by atoms with E-state index in [0.717, 1.165) is 19.0 Å². The molecule has 0 radical (unpaired) electrons. The Labute approximate surface area is 124 Å².